The zero-order valence-electron chi connectivity index (χ0n) is 13.4. The number of anilines is 1. The van der Waals surface area contributed by atoms with Gasteiger partial charge < -0.3 is 11.1 Å². The van der Waals surface area contributed by atoms with Gasteiger partial charge >= 0.3 is 0 Å². The third kappa shape index (κ3) is 3.17. The maximum absolute atomic E-state index is 12.3. The Kier molecular flexibility index (Phi) is 3.79. The minimum absolute atomic E-state index is 0.00107. The second-order valence-corrected chi connectivity index (χ2v) is 6.53. The lowest BCUT2D eigenvalue weighted by Crippen LogP contribution is -2.14. The molecule has 0 aromatic heterocycles. The minimum atomic E-state index is 0.00107. The summed E-state index contributed by atoms with van der Waals surface area (Å²) in [6, 6.07) is 22.7. The molecule has 0 unspecified atom stereocenters. The fraction of sp³-hybridized carbons (Fsp3) is 0.190. The minimum Gasteiger partial charge on any atom is -0.327 e. The van der Waals surface area contributed by atoms with Crippen LogP contribution in [0.2, 0.25) is 0 Å². The van der Waals surface area contributed by atoms with Gasteiger partial charge in [-0.2, -0.15) is 0 Å². The maximum Gasteiger partial charge on any atom is 0.228 e. The molecule has 3 nitrogen and oxygen atoms in total. The number of amides is 1. The number of hydrogen-bond donors (Lipinski definition) is 2. The molecule has 0 spiro atoms. The molecule has 3 aromatic carbocycles. The molecule has 0 bridgehead atoms. The second-order valence-electron chi connectivity index (χ2n) is 6.53. The number of rotatable bonds is 4. The zero-order chi connectivity index (χ0) is 16.5. The smallest absolute Gasteiger partial charge is 0.228 e. The van der Waals surface area contributed by atoms with E-state index in [9.17, 15) is 4.79 Å². The molecule has 24 heavy (non-hydrogen) atoms. The van der Waals surface area contributed by atoms with E-state index in [2.05, 4.69) is 41.7 Å². The second kappa shape index (κ2) is 6.10. The number of carbonyl (C=O) groups excluding carboxylic acids is 1. The van der Waals surface area contributed by atoms with Gasteiger partial charge in [-0.25, -0.2) is 0 Å². The topological polar surface area (TPSA) is 55.1 Å². The fourth-order valence-electron chi connectivity index (χ4n) is 3.15. The van der Waals surface area contributed by atoms with E-state index in [-0.39, 0.29) is 5.91 Å². The largest absolute Gasteiger partial charge is 0.327 e. The van der Waals surface area contributed by atoms with Crippen molar-refractivity contribution in [3.05, 3.63) is 77.9 Å². The molecule has 0 radical (unpaired) electrons. The van der Waals surface area contributed by atoms with Crippen LogP contribution in [-0.2, 0) is 11.2 Å². The molecule has 1 amide bonds. The molecule has 3 N–H and O–H groups in total. The summed E-state index contributed by atoms with van der Waals surface area (Å²) in [6.07, 6.45) is 1.44. The highest BCUT2D eigenvalue weighted by Gasteiger charge is 2.34. The molecule has 4 rings (SSSR count). The Hall–Kier alpha value is -2.65. The van der Waals surface area contributed by atoms with Gasteiger partial charge in [-0.05, 0) is 40.5 Å². The van der Waals surface area contributed by atoms with E-state index < -0.39 is 0 Å². The quantitative estimate of drug-likeness (QED) is 0.768. The number of nitrogens with one attached hydrogen (secondary N) is 1. The lowest BCUT2D eigenvalue weighted by molar-refractivity contribution is -0.115. The lowest BCUT2D eigenvalue weighted by Gasteiger charge is -2.07. The molecule has 1 fully saturated rings. The molecule has 0 saturated heterocycles. The molecule has 3 aromatic rings. The van der Waals surface area contributed by atoms with Gasteiger partial charge in [0.1, 0.15) is 0 Å². The zero-order valence-corrected chi connectivity index (χ0v) is 13.4. The third-order valence-electron chi connectivity index (χ3n) is 4.64. The summed E-state index contributed by atoms with van der Waals surface area (Å²) in [5.41, 5.74) is 8.98. The van der Waals surface area contributed by atoms with Crippen LogP contribution in [-0.4, -0.2) is 11.9 Å². The maximum atomic E-state index is 12.3. The van der Waals surface area contributed by atoms with Crippen molar-refractivity contribution >= 4 is 22.4 Å². The Bertz CT molecular complexity index is 886. The summed E-state index contributed by atoms with van der Waals surface area (Å²) < 4.78 is 0. The predicted octanol–water partition coefficient (Wildman–Crippen LogP) is 3.84. The standard InChI is InChI=1S/C21H20N2O/c22-20-13-19(20)16-7-9-18(10-8-16)23-21(24)12-14-5-6-15-3-1-2-4-17(15)11-14/h1-11,19-20H,12-13,22H2,(H,23,24)/t19-,20+/m0/s1. The van der Waals surface area contributed by atoms with Crippen molar-refractivity contribution in [1.82, 2.24) is 0 Å². The van der Waals surface area contributed by atoms with Crippen LogP contribution in [0.15, 0.2) is 66.7 Å². The van der Waals surface area contributed by atoms with E-state index in [4.69, 9.17) is 5.73 Å². The number of hydrogen-bond acceptors (Lipinski definition) is 2. The molecule has 1 aliphatic carbocycles. The normalized spacial score (nSPS) is 19.2. The van der Waals surface area contributed by atoms with Gasteiger partial charge in [0.05, 0.1) is 6.42 Å². The Morgan fingerprint density at radius 2 is 1.71 bits per heavy atom. The first kappa shape index (κ1) is 14.9. The van der Waals surface area contributed by atoms with Crippen LogP contribution in [0, 0.1) is 0 Å². The molecule has 1 aliphatic rings. The highest BCUT2D eigenvalue weighted by Crippen LogP contribution is 2.39. The van der Waals surface area contributed by atoms with Crippen LogP contribution < -0.4 is 11.1 Å². The van der Waals surface area contributed by atoms with Crippen LogP contribution in [0.25, 0.3) is 10.8 Å². The summed E-state index contributed by atoms with van der Waals surface area (Å²) in [5, 5.41) is 5.32. The van der Waals surface area contributed by atoms with E-state index in [0.29, 0.717) is 18.4 Å². The van der Waals surface area contributed by atoms with Gasteiger partial charge in [-0.1, -0.05) is 54.6 Å². The fourth-order valence-corrected chi connectivity index (χ4v) is 3.15. The number of fused-ring (bicyclic) bond motifs is 1. The van der Waals surface area contributed by atoms with Crippen molar-refractivity contribution in [2.45, 2.75) is 24.8 Å². The van der Waals surface area contributed by atoms with Crippen molar-refractivity contribution in [2.24, 2.45) is 5.73 Å². The van der Waals surface area contributed by atoms with E-state index in [1.54, 1.807) is 0 Å². The van der Waals surface area contributed by atoms with Crippen LogP contribution in [0.3, 0.4) is 0 Å². The van der Waals surface area contributed by atoms with Crippen LogP contribution in [0.1, 0.15) is 23.5 Å². The molecule has 0 heterocycles. The molecule has 120 valence electrons. The van der Waals surface area contributed by atoms with Crippen molar-refractivity contribution < 1.29 is 4.79 Å². The molecule has 2 atom stereocenters. The number of benzene rings is 3. The van der Waals surface area contributed by atoms with Gasteiger partial charge in [-0.3, -0.25) is 4.79 Å². The first-order valence-electron chi connectivity index (χ1n) is 8.32. The summed E-state index contributed by atoms with van der Waals surface area (Å²) >= 11 is 0. The van der Waals surface area contributed by atoms with Crippen LogP contribution >= 0.6 is 0 Å². The van der Waals surface area contributed by atoms with E-state index in [0.717, 1.165) is 23.1 Å². The van der Waals surface area contributed by atoms with Crippen molar-refractivity contribution in [3.8, 4) is 0 Å². The number of carbonyl (C=O) groups is 1. The summed E-state index contributed by atoms with van der Waals surface area (Å²) in [5.74, 6) is 0.494. The third-order valence-corrected chi connectivity index (χ3v) is 4.64. The first-order chi connectivity index (χ1) is 11.7. The van der Waals surface area contributed by atoms with Crippen molar-refractivity contribution in [2.75, 3.05) is 5.32 Å². The molecular formula is C21H20N2O. The Morgan fingerprint density at radius 3 is 2.42 bits per heavy atom. The van der Waals surface area contributed by atoms with Gasteiger partial charge in [0, 0.05) is 17.6 Å². The molecular weight excluding hydrogens is 296 g/mol. The van der Waals surface area contributed by atoms with Crippen molar-refractivity contribution in [1.29, 1.82) is 0 Å². The molecule has 1 saturated carbocycles. The van der Waals surface area contributed by atoms with Crippen LogP contribution in [0.4, 0.5) is 5.69 Å². The van der Waals surface area contributed by atoms with Crippen molar-refractivity contribution in [3.63, 3.8) is 0 Å². The highest BCUT2D eigenvalue weighted by molar-refractivity contribution is 5.93. The van der Waals surface area contributed by atoms with E-state index >= 15 is 0 Å². The Morgan fingerprint density at radius 1 is 1.00 bits per heavy atom. The Labute approximate surface area is 141 Å². The van der Waals surface area contributed by atoms with Gasteiger partial charge in [0.2, 0.25) is 5.91 Å². The van der Waals surface area contributed by atoms with Crippen LogP contribution in [0.5, 0.6) is 0 Å². The average molecular weight is 316 g/mol. The first-order valence-corrected chi connectivity index (χ1v) is 8.32. The summed E-state index contributed by atoms with van der Waals surface area (Å²) in [6.45, 7) is 0. The van der Waals surface area contributed by atoms with E-state index in [1.807, 2.05) is 30.3 Å². The summed E-state index contributed by atoms with van der Waals surface area (Å²) in [7, 11) is 0. The van der Waals surface area contributed by atoms with Gasteiger partial charge in [0.15, 0.2) is 0 Å². The van der Waals surface area contributed by atoms with E-state index in [1.165, 1.54) is 10.9 Å². The average Bonchev–Trinajstić information content (AvgIpc) is 3.32. The monoisotopic (exact) mass is 316 g/mol. The molecule has 3 heteroatoms. The lowest BCUT2D eigenvalue weighted by atomic mass is 10.0. The summed E-state index contributed by atoms with van der Waals surface area (Å²) in [4.78, 5) is 12.3. The Balaban J connectivity index is 1.41. The highest BCUT2D eigenvalue weighted by atomic mass is 16.1. The number of nitrogens with two attached hydrogens (primary N) is 1. The van der Waals surface area contributed by atoms with Gasteiger partial charge in [0.25, 0.3) is 0 Å². The van der Waals surface area contributed by atoms with Gasteiger partial charge in [-0.15, -0.1) is 0 Å². The SMILES string of the molecule is N[C@@H]1C[C@H]1c1ccc(NC(=O)Cc2ccc3ccccc3c2)cc1. The predicted molar refractivity (Wildman–Crippen MR) is 98.1 cm³/mol. The molecule has 0 aliphatic heterocycles.